The number of aromatic amines is 2. The Morgan fingerprint density at radius 3 is 1.72 bits per heavy atom. The summed E-state index contributed by atoms with van der Waals surface area (Å²) in [4.78, 5) is 16.5. The molecule has 0 saturated carbocycles. The van der Waals surface area contributed by atoms with E-state index in [4.69, 9.17) is 10.7 Å². The second kappa shape index (κ2) is 7.99. The van der Waals surface area contributed by atoms with Gasteiger partial charge in [-0.05, 0) is 84.5 Å². The van der Waals surface area contributed by atoms with Gasteiger partial charge in [-0.3, -0.25) is 0 Å². The van der Waals surface area contributed by atoms with Crippen molar-refractivity contribution >= 4 is 51.6 Å². The first-order valence-electron chi connectivity index (χ1n) is 10.1. The summed E-state index contributed by atoms with van der Waals surface area (Å²) < 4.78 is 0. The topological polar surface area (TPSA) is 83.4 Å². The van der Waals surface area contributed by atoms with Crippen LogP contribution in [0.25, 0.3) is 45.9 Å². The Bertz CT molecular complexity index is 1540. The van der Waals surface area contributed by atoms with Crippen LogP contribution in [0.5, 0.6) is 0 Å². The third-order valence-electron chi connectivity index (χ3n) is 5.39. The summed E-state index contributed by atoms with van der Waals surface area (Å²) in [6, 6.07) is 24.3. The van der Waals surface area contributed by atoms with E-state index >= 15 is 0 Å². The Labute approximate surface area is 195 Å². The van der Waals surface area contributed by atoms with Crippen molar-refractivity contribution in [1.82, 2.24) is 19.9 Å². The standard InChI is InChI=1S/C26H19N5.Co/c27-17-3-1-16(2-4-17)25-14-24-13-22-8-7-20(29-22)11-18-5-6-19(28-18)12-21-9-10-23(30-21)15-26(25)31-24;/h1-15,29-30H,27H2;. The molecule has 4 aromatic rings. The number of nitrogen functional groups attached to an aromatic ring is 1. The van der Waals surface area contributed by atoms with E-state index in [1.807, 2.05) is 48.6 Å². The van der Waals surface area contributed by atoms with Crippen LogP contribution in [0.3, 0.4) is 0 Å². The molecule has 0 spiro atoms. The minimum atomic E-state index is 0. The molecule has 0 unspecified atom stereocenters. The van der Waals surface area contributed by atoms with Gasteiger partial charge in [0.15, 0.2) is 0 Å². The molecule has 2 aliphatic heterocycles. The summed E-state index contributed by atoms with van der Waals surface area (Å²) in [6.45, 7) is 0. The first-order valence-corrected chi connectivity index (χ1v) is 10.1. The Morgan fingerprint density at radius 1 is 0.594 bits per heavy atom. The van der Waals surface area contributed by atoms with Crippen molar-refractivity contribution in [3.05, 3.63) is 101 Å². The van der Waals surface area contributed by atoms with Crippen molar-refractivity contribution in [2.24, 2.45) is 0 Å². The van der Waals surface area contributed by atoms with Crippen LogP contribution >= 0.6 is 0 Å². The van der Waals surface area contributed by atoms with E-state index in [1.165, 1.54) is 0 Å². The van der Waals surface area contributed by atoms with Gasteiger partial charge < -0.3 is 15.7 Å². The van der Waals surface area contributed by atoms with Gasteiger partial charge in [-0.2, -0.15) is 0 Å². The predicted octanol–water partition coefficient (Wildman–Crippen LogP) is 5.65. The molecule has 5 nitrogen and oxygen atoms in total. The predicted molar refractivity (Wildman–Crippen MR) is 128 cm³/mol. The van der Waals surface area contributed by atoms with Gasteiger partial charge in [0.05, 0.1) is 22.8 Å². The fourth-order valence-corrected chi connectivity index (χ4v) is 3.91. The van der Waals surface area contributed by atoms with E-state index in [0.717, 1.165) is 61.7 Å². The number of H-pyrrole nitrogens is 2. The van der Waals surface area contributed by atoms with Gasteiger partial charge >= 0.3 is 0 Å². The minimum Gasteiger partial charge on any atom is -0.399 e. The summed E-state index contributed by atoms with van der Waals surface area (Å²) >= 11 is 0. The largest absolute Gasteiger partial charge is 0.399 e. The van der Waals surface area contributed by atoms with Gasteiger partial charge in [-0.15, -0.1) is 0 Å². The van der Waals surface area contributed by atoms with Crippen molar-refractivity contribution in [1.29, 1.82) is 0 Å². The third-order valence-corrected chi connectivity index (χ3v) is 5.39. The first kappa shape index (κ1) is 20.1. The number of nitrogens with two attached hydrogens (primary N) is 1. The van der Waals surface area contributed by atoms with E-state index in [1.54, 1.807) is 0 Å². The van der Waals surface area contributed by atoms with Gasteiger partial charge in [0.25, 0.3) is 0 Å². The Kier molecular flexibility index (Phi) is 5.01. The number of nitrogens with zero attached hydrogens (tertiary/aromatic N) is 2. The number of nitrogens with one attached hydrogen (secondary N) is 2. The fourth-order valence-electron chi connectivity index (χ4n) is 3.91. The SMILES string of the molecule is Nc1ccc(C2=Cc3cc4ccc(cc5nc(cc6ccc(cc2n3)[nH]6)C=C5)[nH]4)cc1.[Co]. The molecular formula is C26H19CoN5. The average Bonchev–Trinajstić information content (AvgIpc) is 3.54. The molecule has 4 N–H and O–H groups in total. The van der Waals surface area contributed by atoms with Crippen molar-refractivity contribution in [2.45, 2.75) is 0 Å². The fraction of sp³-hybridized carbons (Fsp3) is 0. The van der Waals surface area contributed by atoms with Crippen LogP contribution < -0.4 is 5.73 Å². The second-order valence-electron chi connectivity index (χ2n) is 7.71. The molecule has 1 aromatic carbocycles. The molecule has 6 rings (SSSR count). The molecule has 0 atom stereocenters. The molecule has 32 heavy (non-hydrogen) atoms. The van der Waals surface area contributed by atoms with E-state index in [9.17, 15) is 0 Å². The van der Waals surface area contributed by atoms with Gasteiger partial charge in [0.2, 0.25) is 0 Å². The summed E-state index contributed by atoms with van der Waals surface area (Å²) in [6.07, 6.45) is 6.15. The Hall–Kier alpha value is -3.87. The van der Waals surface area contributed by atoms with Crippen molar-refractivity contribution in [3.63, 3.8) is 0 Å². The van der Waals surface area contributed by atoms with E-state index < -0.39 is 0 Å². The summed E-state index contributed by atoms with van der Waals surface area (Å²) in [5, 5.41) is 0. The summed E-state index contributed by atoms with van der Waals surface area (Å²) in [7, 11) is 0. The molecular weight excluding hydrogens is 441 g/mol. The third kappa shape index (κ3) is 3.89. The Morgan fingerprint density at radius 2 is 1.12 bits per heavy atom. The van der Waals surface area contributed by atoms with Crippen molar-refractivity contribution < 1.29 is 16.8 Å². The van der Waals surface area contributed by atoms with E-state index in [0.29, 0.717) is 0 Å². The number of aromatic nitrogens is 4. The number of anilines is 1. The zero-order chi connectivity index (χ0) is 20.8. The maximum Gasteiger partial charge on any atom is 0.0736 e. The zero-order valence-electron chi connectivity index (χ0n) is 17.0. The average molecular weight is 460 g/mol. The normalized spacial score (nSPS) is 12.3. The molecule has 0 fully saturated rings. The van der Waals surface area contributed by atoms with Gasteiger partial charge in [0.1, 0.15) is 0 Å². The van der Waals surface area contributed by atoms with Crippen LogP contribution in [-0.4, -0.2) is 19.9 Å². The van der Waals surface area contributed by atoms with Crippen molar-refractivity contribution in [3.8, 4) is 0 Å². The van der Waals surface area contributed by atoms with E-state index in [2.05, 4.69) is 57.4 Å². The van der Waals surface area contributed by atoms with Crippen LogP contribution in [-0.2, 0) is 16.8 Å². The number of rotatable bonds is 1. The summed E-state index contributed by atoms with van der Waals surface area (Å²) in [5.41, 5.74) is 16.4. The zero-order valence-corrected chi connectivity index (χ0v) is 18.0. The van der Waals surface area contributed by atoms with Crippen molar-refractivity contribution in [2.75, 3.05) is 5.73 Å². The maximum atomic E-state index is 5.89. The molecule has 157 valence electrons. The number of hydrogen-bond acceptors (Lipinski definition) is 3. The smallest absolute Gasteiger partial charge is 0.0736 e. The second-order valence-corrected chi connectivity index (χ2v) is 7.71. The number of fused-ring (bicyclic) bond motifs is 8. The van der Waals surface area contributed by atoms with Gasteiger partial charge in [-0.1, -0.05) is 12.1 Å². The first-order chi connectivity index (χ1) is 15.2. The minimum absolute atomic E-state index is 0. The van der Waals surface area contributed by atoms with E-state index in [-0.39, 0.29) is 16.8 Å². The molecule has 0 amide bonds. The van der Waals surface area contributed by atoms with Crippen LogP contribution in [0.1, 0.15) is 28.3 Å². The summed E-state index contributed by atoms with van der Waals surface area (Å²) in [5.74, 6) is 0. The molecule has 6 heteroatoms. The van der Waals surface area contributed by atoms with Gasteiger partial charge in [0, 0.05) is 50.1 Å². The monoisotopic (exact) mass is 460 g/mol. The quantitative estimate of drug-likeness (QED) is 0.277. The van der Waals surface area contributed by atoms with Gasteiger partial charge in [-0.25, -0.2) is 9.97 Å². The van der Waals surface area contributed by atoms with Crippen LogP contribution in [0.15, 0.2) is 72.8 Å². The molecule has 3 aromatic heterocycles. The molecule has 2 aliphatic rings. The number of hydrogen-bond donors (Lipinski definition) is 3. The van der Waals surface area contributed by atoms with Crippen LogP contribution in [0.2, 0.25) is 0 Å². The Balaban J connectivity index is 0.00000216. The maximum absolute atomic E-state index is 5.89. The number of benzene rings is 1. The molecule has 1 radical (unpaired) electrons. The molecule has 5 heterocycles. The molecule has 0 saturated heterocycles. The van der Waals surface area contributed by atoms with Crippen LogP contribution in [0, 0.1) is 0 Å². The van der Waals surface area contributed by atoms with Crippen LogP contribution in [0.4, 0.5) is 5.69 Å². The molecule has 0 aliphatic carbocycles. The molecule has 8 bridgehead atoms.